The van der Waals surface area contributed by atoms with Crippen LogP contribution in [0.4, 0.5) is 13.2 Å². The topological polar surface area (TPSA) is 85.2 Å². The maximum Gasteiger partial charge on any atom is 0.420 e. The van der Waals surface area contributed by atoms with Gasteiger partial charge in [-0.05, 0) is 121 Å². The number of nitrogens with zero attached hydrogens (tertiary/aromatic N) is 7. The first-order valence-corrected chi connectivity index (χ1v) is 30.2. The number of benzene rings is 10. The van der Waals surface area contributed by atoms with Gasteiger partial charge in [0.2, 0.25) is 0 Å². The SMILES string of the molecule is N#Cc1cccc(-c2ccc(-n3c4ccc(-c5cccc(-c6ccccc6)n5)cc4c4cc(-c5cccc(-c6ccccc6)n5)ccc43)c(C(F)(F)F)c2-n2c3ccc(-c4cccc(-c5ccccc5)n4)cc3c3cc(-c4cccc(-c5ccccc5)n4)ccc32)c1. The minimum Gasteiger partial charge on any atom is -0.309 e. The van der Waals surface area contributed by atoms with E-state index in [1.165, 1.54) is 0 Å². The summed E-state index contributed by atoms with van der Waals surface area (Å²) in [5.74, 6) is 0. The Morgan fingerprint density at radius 2 is 0.587 bits per heavy atom. The Hall–Kier alpha value is -12.3. The fourth-order valence-electron chi connectivity index (χ4n) is 12.9. The van der Waals surface area contributed by atoms with Crippen molar-refractivity contribution in [2.45, 2.75) is 6.18 Å². The van der Waals surface area contributed by atoms with E-state index in [0.29, 0.717) is 66.7 Å². The minimum atomic E-state index is -4.99. The van der Waals surface area contributed by atoms with Gasteiger partial charge < -0.3 is 9.13 Å². The van der Waals surface area contributed by atoms with E-state index < -0.39 is 11.7 Å². The fraction of sp³-hybridized carbons (Fsp3) is 0.0122. The van der Waals surface area contributed by atoms with Gasteiger partial charge in [-0.3, -0.25) is 0 Å². The van der Waals surface area contributed by atoms with Crippen LogP contribution in [0.3, 0.4) is 0 Å². The summed E-state index contributed by atoms with van der Waals surface area (Å²) in [5, 5.41) is 13.2. The second-order valence-corrected chi connectivity index (χ2v) is 22.7. The summed E-state index contributed by atoms with van der Waals surface area (Å²) < 4.78 is 56.5. The van der Waals surface area contributed by atoms with Crippen LogP contribution in [0, 0.1) is 11.3 Å². The zero-order valence-corrected chi connectivity index (χ0v) is 49.1. The van der Waals surface area contributed by atoms with Gasteiger partial charge in [0.05, 0.1) is 90.6 Å². The maximum atomic E-state index is 17.7. The van der Waals surface area contributed by atoms with Crippen LogP contribution in [0.15, 0.2) is 303 Å². The van der Waals surface area contributed by atoms with Crippen LogP contribution in [-0.2, 0) is 6.18 Å². The van der Waals surface area contributed by atoms with Gasteiger partial charge in [-0.2, -0.15) is 18.4 Å². The van der Waals surface area contributed by atoms with Crippen LogP contribution < -0.4 is 0 Å². The number of hydrogen-bond donors (Lipinski definition) is 0. The highest BCUT2D eigenvalue weighted by Crippen LogP contribution is 2.49. The molecule has 0 radical (unpaired) electrons. The van der Waals surface area contributed by atoms with E-state index in [-0.39, 0.29) is 16.9 Å². The highest BCUT2D eigenvalue weighted by atomic mass is 19.4. The Balaban J connectivity index is 0.972. The molecule has 10 aromatic carbocycles. The van der Waals surface area contributed by atoms with Crippen molar-refractivity contribution >= 4 is 43.6 Å². The van der Waals surface area contributed by atoms with Crippen molar-refractivity contribution in [2.75, 3.05) is 0 Å². The zero-order chi connectivity index (χ0) is 61.9. The molecule has 16 rings (SSSR count). The van der Waals surface area contributed by atoms with Crippen LogP contribution in [0.5, 0.6) is 0 Å². The van der Waals surface area contributed by atoms with Gasteiger partial charge in [-0.25, -0.2) is 19.9 Å². The van der Waals surface area contributed by atoms with E-state index in [2.05, 4.69) is 6.07 Å². The summed E-state index contributed by atoms with van der Waals surface area (Å²) in [6.07, 6.45) is -4.99. The lowest BCUT2D eigenvalue weighted by molar-refractivity contribution is -0.137. The number of halogens is 3. The predicted octanol–water partition coefficient (Wildman–Crippen LogP) is 21.4. The number of nitriles is 1. The molecular weight excluding hydrogens is 1140 g/mol. The second-order valence-electron chi connectivity index (χ2n) is 22.7. The molecule has 434 valence electrons. The lowest BCUT2D eigenvalue weighted by Gasteiger charge is -2.24. The number of alkyl halides is 3. The lowest BCUT2D eigenvalue weighted by atomic mass is 9.96. The number of hydrogen-bond acceptors (Lipinski definition) is 5. The van der Waals surface area contributed by atoms with Crippen molar-refractivity contribution in [1.29, 1.82) is 5.26 Å². The van der Waals surface area contributed by atoms with Crippen molar-refractivity contribution < 1.29 is 13.2 Å². The van der Waals surface area contributed by atoms with Gasteiger partial charge >= 0.3 is 6.18 Å². The van der Waals surface area contributed by atoms with Crippen molar-refractivity contribution in [1.82, 2.24) is 29.1 Å². The first-order valence-electron chi connectivity index (χ1n) is 30.2. The first kappa shape index (κ1) is 55.0. The molecule has 10 heteroatoms. The third-order valence-corrected chi connectivity index (χ3v) is 17.2. The molecule has 0 amide bonds. The van der Waals surface area contributed by atoms with Gasteiger partial charge in [-0.1, -0.05) is 188 Å². The van der Waals surface area contributed by atoms with Gasteiger partial charge in [0, 0.05) is 71.6 Å². The summed E-state index contributed by atoms with van der Waals surface area (Å²) in [7, 11) is 0. The van der Waals surface area contributed by atoms with Crippen molar-refractivity contribution in [2.24, 2.45) is 0 Å². The Morgan fingerprint density at radius 3 is 0.913 bits per heavy atom. The molecular formula is C82H50F3N7. The molecule has 16 aromatic rings. The molecule has 0 atom stereocenters. The summed E-state index contributed by atoms with van der Waals surface area (Å²) in [6, 6.07) is 99.4. The molecule has 92 heavy (non-hydrogen) atoms. The molecule has 6 heterocycles. The third kappa shape index (κ3) is 9.91. The van der Waals surface area contributed by atoms with Crippen molar-refractivity contribution in [3.05, 3.63) is 314 Å². The third-order valence-electron chi connectivity index (χ3n) is 17.2. The number of fused-ring (bicyclic) bond motifs is 6. The standard InChI is InChI=1S/C82H50F3N7/c83-82(84,85)80-79(91-75-41-36-58(71-32-14-28-67(87-71)53-19-5-1-6-20-53)47-63(75)64-48-59(37-42-76(64)91)72-33-15-29-68(88-72)54-21-7-2-8-22-54)45-40-62(57-27-13-18-52(46-57)51-86)81(80)92-77-43-38-60(73-34-16-30-69(89-73)55-23-9-3-10-24-55)49-65(77)66-50-61(39-44-78(66)92)74-35-17-31-70(90-74)56-25-11-4-12-26-56/h1-50H. The summed E-state index contributed by atoms with van der Waals surface area (Å²) in [6.45, 7) is 0. The first-order chi connectivity index (χ1) is 45.2. The normalized spacial score (nSPS) is 11.6. The number of pyridine rings is 4. The summed E-state index contributed by atoms with van der Waals surface area (Å²) >= 11 is 0. The van der Waals surface area contributed by atoms with Gasteiger partial charge in [0.1, 0.15) is 5.56 Å². The molecule has 0 bridgehead atoms. The molecule has 0 aliphatic heterocycles. The van der Waals surface area contributed by atoms with Crippen molar-refractivity contribution in [3.8, 4) is 119 Å². The monoisotopic (exact) mass is 1190 g/mol. The molecule has 0 saturated heterocycles. The molecule has 0 N–H and O–H groups in total. The van der Waals surface area contributed by atoms with Gasteiger partial charge in [0.25, 0.3) is 0 Å². The fourth-order valence-corrected chi connectivity index (χ4v) is 12.9. The van der Waals surface area contributed by atoms with E-state index in [1.54, 1.807) is 45.5 Å². The predicted molar refractivity (Wildman–Crippen MR) is 365 cm³/mol. The maximum absolute atomic E-state index is 17.7. The average molecular weight is 1190 g/mol. The zero-order valence-electron chi connectivity index (χ0n) is 49.1. The molecule has 0 spiro atoms. The van der Waals surface area contributed by atoms with E-state index in [4.69, 9.17) is 19.9 Å². The van der Waals surface area contributed by atoms with Crippen molar-refractivity contribution in [3.63, 3.8) is 0 Å². The molecule has 0 saturated carbocycles. The van der Waals surface area contributed by atoms with E-state index in [9.17, 15) is 5.26 Å². The Labute approximate surface area is 527 Å². The number of aromatic nitrogens is 6. The van der Waals surface area contributed by atoms with Crippen LogP contribution in [-0.4, -0.2) is 29.1 Å². The second kappa shape index (κ2) is 22.7. The Kier molecular flexibility index (Phi) is 13.6. The molecule has 6 aromatic heterocycles. The van der Waals surface area contributed by atoms with Gasteiger partial charge in [-0.15, -0.1) is 0 Å². The quantitative estimate of drug-likeness (QED) is 0.129. The molecule has 7 nitrogen and oxygen atoms in total. The lowest BCUT2D eigenvalue weighted by Crippen LogP contribution is -2.17. The highest BCUT2D eigenvalue weighted by molar-refractivity contribution is 6.14. The summed E-state index contributed by atoms with van der Waals surface area (Å²) in [5.41, 5.74) is 15.1. The van der Waals surface area contributed by atoms with Gasteiger partial charge in [0.15, 0.2) is 0 Å². The highest BCUT2D eigenvalue weighted by Gasteiger charge is 2.41. The molecule has 0 fully saturated rings. The van der Waals surface area contributed by atoms with E-state index in [0.717, 1.165) is 78.1 Å². The van der Waals surface area contributed by atoms with Crippen LogP contribution in [0.1, 0.15) is 11.1 Å². The average Bonchev–Trinajstić information content (AvgIpc) is 1.54. The Bertz CT molecular complexity index is 5300. The molecule has 0 unspecified atom stereocenters. The van der Waals surface area contributed by atoms with E-state index >= 15 is 13.2 Å². The smallest absolute Gasteiger partial charge is 0.309 e. The van der Waals surface area contributed by atoms with Crippen LogP contribution in [0.2, 0.25) is 0 Å². The number of rotatable bonds is 11. The Morgan fingerprint density at radius 1 is 0.283 bits per heavy atom. The van der Waals surface area contributed by atoms with Crippen LogP contribution >= 0.6 is 0 Å². The molecule has 0 aliphatic carbocycles. The minimum absolute atomic E-state index is 0.0892. The molecule has 0 aliphatic rings. The van der Waals surface area contributed by atoms with E-state index in [1.807, 2.05) is 267 Å². The largest absolute Gasteiger partial charge is 0.420 e. The van der Waals surface area contributed by atoms with Crippen LogP contribution in [0.25, 0.3) is 156 Å². The summed E-state index contributed by atoms with van der Waals surface area (Å²) in [4.78, 5) is 20.6.